The average molecular weight is 310 g/mol. The molecule has 0 fully saturated rings. The molecule has 2 rings (SSSR count). The van der Waals surface area contributed by atoms with E-state index in [1.165, 1.54) is 10.0 Å². The fourth-order valence-corrected chi connectivity index (χ4v) is 4.13. The molecule has 7 heteroatoms. The zero-order chi connectivity index (χ0) is 15.3. The average Bonchev–Trinajstić information content (AvgIpc) is 2.87. The van der Waals surface area contributed by atoms with Gasteiger partial charge in [-0.1, -0.05) is 49.6 Å². The second-order valence-electron chi connectivity index (χ2n) is 5.19. The van der Waals surface area contributed by atoms with E-state index in [0.29, 0.717) is 6.42 Å². The molecule has 0 aliphatic carbocycles. The minimum Gasteiger partial charge on any atom is -0.241 e. The molecule has 1 unspecified atom stereocenters. The quantitative estimate of drug-likeness (QED) is 0.726. The highest BCUT2D eigenvalue weighted by Gasteiger charge is 2.39. The van der Waals surface area contributed by atoms with Crippen LogP contribution in [0.4, 0.5) is 5.69 Å². The van der Waals surface area contributed by atoms with Crippen molar-refractivity contribution < 1.29 is 8.42 Å². The summed E-state index contributed by atoms with van der Waals surface area (Å²) in [6.45, 7) is 2.11. The van der Waals surface area contributed by atoms with Gasteiger partial charge in [-0.25, -0.2) is 18.4 Å². The van der Waals surface area contributed by atoms with Gasteiger partial charge in [0.05, 0.1) is 11.4 Å². The number of benzene rings is 1. The second kappa shape index (κ2) is 6.89. The van der Waals surface area contributed by atoms with E-state index >= 15 is 0 Å². The lowest BCUT2D eigenvalue weighted by Gasteiger charge is -2.25. The first-order valence-electron chi connectivity index (χ1n) is 7.26. The molecule has 0 saturated heterocycles. The lowest BCUT2D eigenvalue weighted by atomic mass is 10.2. The SMILES string of the molecule is CCCCCCS(=O)(=O)C1N(C)N=NN1c1ccccc1. The summed E-state index contributed by atoms with van der Waals surface area (Å²) < 4.78 is 25.2. The maximum atomic E-state index is 12.6. The van der Waals surface area contributed by atoms with Crippen LogP contribution in [-0.2, 0) is 9.84 Å². The molecule has 0 bridgehead atoms. The largest absolute Gasteiger partial charge is 0.243 e. The monoisotopic (exact) mass is 310 g/mol. The zero-order valence-corrected chi connectivity index (χ0v) is 13.3. The Hall–Kier alpha value is -1.63. The van der Waals surface area contributed by atoms with Crippen molar-refractivity contribution in [1.29, 1.82) is 0 Å². The first kappa shape index (κ1) is 15.8. The third-order valence-corrected chi connectivity index (χ3v) is 5.44. The Morgan fingerprint density at radius 3 is 2.48 bits per heavy atom. The predicted octanol–water partition coefficient (Wildman–Crippen LogP) is 3.00. The van der Waals surface area contributed by atoms with Crippen molar-refractivity contribution in [2.75, 3.05) is 17.8 Å². The van der Waals surface area contributed by atoms with E-state index in [2.05, 4.69) is 17.4 Å². The summed E-state index contributed by atoms with van der Waals surface area (Å²) in [4.78, 5) is 0. The van der Waals surface area contributed by atoms with Crippen LogP contribution in [0, 0.1) is 0 Å². The van der Waals surface area contributed by atoms with Crippen LogP contribution < -0.4 is 5.01 Å². The van der Waals surface area contributed by atoms with Crippen LogP contribution in [-0.4, -0.2) is 31.7 Å². The summed E-state index contributed by atoms with van der Waals surface area (Å²) >= 11 is 0. The Bertz CT molecular complexity index is 574. The van der Waals surface area contributed by atoms with Crippen LogP contribution in [0.1, 0.15) is 32.6 Å². The van der Waals surface area contributed by atoms with Crippen LogP contribution >= 0.6 is 0 Å². The number of unbranched alkanes of at least 4 members (excludes halogenated alkanes) is 3. The molecule has 0 aromatic heterocycles. The Kier molecular flexibility index (Phi) is 5.17. The zero-order valence-electron chi connectivity index (χ0n) is 12.5. The molecule has 0 N–H and O–H groups in total. The van der Waals surface area contributed by atoms with Gasteiger partial charge < -0.3 is 0 Å². The maximum Gasteiger partial charge on any atom is 0.243 e. The molecule has 1 aromatic rings. The normalized spacial score (nSPS) is 18.5. The standard InChI is InChI=1S/C14H22N4O2S/c1-3-4-5-9-12-21(19,20)14-17(2)15-16-18(14)13-10-7-6-8-11-13/h6-8,10-11,14H,3-5,9,12H2,1-2H3. The van der Waals surface area contributed by atoms with Crippen molar-refractivity contribution in [3.63, 3.8) is 0 Å². The fourth-order valence-electron chi connectivity index (χ4n) is 2.33. The van der Waals surface area contributed by atoms with Crippen LogP contribution in [0.2, 0.25) is 0 Å². The highest BCUT2D eigenvalue weighted by molar-refractivity contribution is 7.92. The number of hydrogen-bond acceptors (Lipinski definition) is 6. The Morgan fingerprint density at radius 1 is 1.10 bits per heavy atom. The van der Waals surface area contributed by atoms with E-state index in [4.69, 9.17) is 0 Å². The van der Waals surface area contributed by atoms with E-state index in [-0.39, 0.29) is 5.75 Å². The van der Waals surface area contributed by atoms with E-state index in [1.54, 1.807) is 7.05 Å². The molecule has 1 atom stereocenters. The molecule has 0 amide bonds. The van der Waals surface area contributed by atoms with Crippen molar-refractivity contribution in [2.45, 2.75) is 38.1 Å². The van der Waals surface area contributed by atoms with Gasteiger partial charge in [0.25, 0.3) is 0 Å². The van der Waals surface area contributed by atoms with Crippen molar-refractivity contribution in [3.05, 3.63) is 30.3 Å². The molecule has 21 heavy (non-hydrogen) atoms. The van der Waals surface area contributed by atoms with Crippen LogP contribution in [0.5, 0.6) is 0 Å². The highest BCUT2D eigenvalue weighted by atomic mass is 32.2. The first-order valence-corrected chi connectivity index (χ1v) is 8.98. The van der Waals surface area contributed by atoms with Gasteiger partial charge in [-0.3, -0.25) is 0 Å². The van der Waals surface area contributed by atoms with Crippen molar-refractivity contribution in [3.8, 4) is 0 Å². The molecule has 0 saturated carbocycles. The molecule has 6 nitrogen and oxygen atoms in total. The summed E-state index contributed by atoms with van der Waals surface area (Å²) in [5.74, 6) is 0.163. The lowest BCUT2D eigenvalue weighted by Crippen LogP contribution is -2.44. The number of hydrogen-bond donors (Lipinski definition) is 0. The maximum absolute atomic E-state index is 12.6. The van der Waals surface area contributed by atoms with Gasteiger partial charge >= 0.3 is 0 Å². The molecule has 1 aliphatic heterocycles. The van der Waals surface area contributed by atoms with Crippen LogP contribution in [0.25, 0.3) is 0 Å². The third kappa shape index (κ3) is 3.72. The van der Waals surface area contributed by atoms with Gasteiger partial charge in [-0.05, 0) is 23.8 Å². The second-order valence-corrected chi connectivity index (χ2v) is 7.34. The Morgan fingerprint density at radius 2 is 1.81 bits per heavy atom. The molecule has 1 aromatic carbocycles. The smallest absolute Gasteiger partial charge is 0.241 e. The Labute approximate surface area is 126 Å². The summed E-state index contributed by atoms with van der Waals surface area (Å²) in [5, 5.41) is 10.7. The van der Waals surface area contributed by atoms with Gasteiger partial charge in [-0.15, -0.1) is 0 Å². The summed E-state index contributed by atoms with van der Waals surface area (Å²) in [5.41, 5.74) is -0.116. The van der Waals surface area contributed by atoms with Gasteiger partial charge in [0, 0.05) is 7.05 Å². The van der Waals surface area contributed by atoms with E-state index in [9.17, 15) is 8.42 Å². The molecular weight excluding hydrogens is 288 g/mol. The number of rotatable bonds is 7. The van der Waals surface area contributed by atoms with Gasteiger partial charge in [0.1, 0.15) is 0 Å². The molecular formula is C14H22N4O2S. The van der Waals surface area contributed by atoms with Gasteiger partial charge in [0.15, 0.2) is 9.84 Å². The van der Waals surface area contributed by atoms with Crippen LogP contribution in [0.15, 0.2) is 40.8 Å². The third-order valence-electron chi connectivity index (χ3n) is 3.43. The molecule has 1 heterocycles. The molecule has 1 aliphatic rings. The number of sulfone groups is 1. The van der Waals surface area contributed by atoms with E-state index < -0.39 is 15.3 Å². The van der Waals surface area contributed by atoms with Crippen molar-refractivity contribution in [2.24, 2.45) is 10.4 Å². The Balaban J connectivity index is 2.12. The van der Waals surface area contributed by atoms with Gasteiger partial charge in [0.2, 0.25) is 5.50 Å². The lowest BCUT2D eigenvalue weighted by molar-refractivity contribution is 0.346. The number of para-hydroxylation sites is 1. The van der Waals surface area contributed by atoms with Crippen LogP contribution in [0.3, 0.4) is 0 Å². The topological polar surface area (TPSA) is 65.3 Å². The van der Waals surface area contributed by atoms with Gasteiger partial charge in [-0.2, -0.15) is 0 Å². The molecule has 116 valence electrons. The number of nitrogens with zero attached hydrogens (tertiary/aromatic N) is 4. The molecule has 0 spiro atoms. The summed E-state index contributed by atoms with van der Waals surface area (Å²) in [6.07, 6.45) is 3.77. The van der Waals surface area contributed by atoms with E-state index in [0.717, 1.165) is 24.9 Å². The molecule has 0 radical (unpaired) electrons. The minimum absolute atomic E-state index is 0.163. The summed E-state index contributed by atoms with van der Waals surface area (Å²) in [7, 11) is -1.68. The fraction of sp³-hybridized carbons (Fsp3) is 0.571. The van der Waals surface area contributed by atoms with E-state index in [1.807, 2.05) is 30.3 Å². The number of anilines is 1. The first-order chi connectivity index (χ1) is 10.1. The highest BCUT2D eigenvalue weighted by Crippen LogP contribution is 2.27. The van der Waals surface area contributed by atoms with Crippen molar-refractivity contribution >= 4 is 15.5 Å². The minimum atomic E-state index is -3.32. The predicted molar refractivity (Wildman–Crippen MR) is 83.3 cm³/mol. The summed E-state index contributed by atoms with van der Waals surface area (Å²) in [6, 6.07) is 9.26. The van der Waals surface area contributed by atoms with Crippen molar-refractivity contribution in [1.82, 2.24) is 5.01 Å².